The topological polar surface area (TPSA) is 89.9 Å². The van der Waals surface area contributed by atoms with E-state index in [9.17, 15) is 9.59 Å². The maximum atomic E-state index is 11.2. The van der Waals surface area contributed by atoms with Crippen molar-refractivity contribution in [2.45, 2.75) is 12.5 Å². The molecule has 3 N–H and O–H groups in total. The van der Waals surface area contributed by atoms with Gasteiger partial charge in [0.2, 0.25) is 5.91 Å². The maximum Gasteiger partial charge on any atom is 0.405 e. The summed E-state index contributed by atoms with van der Waals surface area (Å²) in [7, 11) is 0. The largest absolute Gasteiger partial charge is 0.465 e. The number of hydrogen-bond donors (Lipinski definition) is 3. The molecule has 0 aromatic heterocycles. The van der Waals surface area contributed by atoms with Crippen molar-refractivity contribution < 1.29 is 19.8 Å². The maximum absolute atomic E-state index is 11.2. The van der Waals surface area contributed by atoms with Gasteiger partial charge in [0.15, 0.2) is 0 Å². The second kappa shape index (κ2) is 4.08. The van der Waals surface area contributed by atoms with Crippen molar-refractivity contribution in [1.29, 1.82) is 0 Å². The van der Waals surface area contributed by atoms with E-state index in [1.54, 1.807) is 0 Å². The smallest absolute Gasteiger partial charge is 0.405 e. The highest BCUT2D eigenvalue weighted by atomic mass is 16.4. The predicted octanol–water partition coefficient (Wildman–Crippen LogP) is -1.15. The van der Waals surface area contributed by atoms with Crippen molar-refractivity contribution in [1.82, 2.24) is 10.2 Å². The average molecular weight is 188 g/mol. The van der Waals surface area contributed by atoms with E-state index in [-0.39, 0.29) is 12.5 Å². The summed E-state index contributed by atoms with van der Waals surface area (Å²) in [6.45, 7) is 0.587. The summed E-state index contributed by atoms with van der Waals surface area (Å²) >= 11 is 0. The highest BCUT2D eigenvalue weighted by Crippen LogP contribution is 2.07. The molecule has 1 atom stereocenters. The monoisotopic (exact) mass is 188 g/mol. The van der Waals surface area contributed by atoms with E-state index < -0.39 is 12.2 Å². The van der Waals surface area contributed by atoms with Crippen LogP contribution in [-0.4, -0.2) is 52.9 Å². The fraction of sp³-hybridized carbons (Fsp3) is 0.714. The summed E-state index contributed by atoms with van der Waals surface area (Å²) in [6, 6.07) is 0. The number of aliphatic hydroxyl groups is 1. The third-order valence-electron chi connectivity index (χ3n) is 1.91. The van der Waals surface area contributed by atoms with Crippen molar-refractivity contribution in [3.05, 3.63) is 0 Å². The van der Waals surface area contributed by atoms with Gasteiger partial charge in [-0.05, 0) is 6.42 Å². The predicted molar refractivity (Wildman–Crippen MR) is 43.2 cm³/mol. The summed E-state index contributed by atoms with van der Waals surface area (Å²) < 4.78 is 0. The van der Waals surface area contributed by atoms with Gasteiger partial charge in [-0.1, -0.05) is 0 Å². The Hall–Kier alpha value is -1.30. The van der Waals surface area contributed by atoms with Gasteiger partial charge in [0.05, 0.1) is 6.10 Å². The van der Waals surface area contributed by atoms with Crippen LogP contribution in [0.25, 0.3) is 0 Å². The quantitative estimate of drug-likeness (QED) is 0.510. The normalized spacial score (nSPS) is 21.6. The lowest BCUT2D eigenvalue weighted by molar-refractivity contribution is -0.129. The molecule has 1 aliphatic rings. The van der Waals surface area contributed by atoms with Crippen LogP contribution in [-0.2, 0) is 4.79 Å². The Kier molecular flexibility index (Phi) is 3.07. The molecule has 0 bridgehead atoms. The molecular weight excluding hydrogens is 176 g/mol. The van der Waals surface area contributed by atoms with Gasteiger partial charge < -0.3 is 20.4 Å². The van der Waals surface area contributed by atoms with Crippen LogP contribution in [0.2, 0.25) is 0 Å². The van der Waals surface area contributed by atoms with Crippen LogP contribution in [0.5, 0.6) is 0 Å². The molecular formula is C7H12N2O4. The van der Waals surface area contributed by atoms with E-state index >= 15 is 0 Å². The molecule has 6 nitrogen and oxygen atoms in total. The van der Waals surface area contributed by atoms with E-state index in [1.165, 1.54) is 4.90 Å². The Balaban J connectivity index is 2.27. The number of nitrogens with one attached hydrogen (secondary N) is 1. The van der Waals surface area contributed by atoms with Crippen molar-refractivity contribution in [2.75, 3.05) is 19.6 Å². The Morgan fingerprint density at radius 2 is 2.23 bits per heavy atom. The number of carbonyl (C=O) groups excluding carboxylic acids is 1. The zero-order chi connectivity index (χ0) is 9.84. The molecule has 0 aliphatic carbocycles. The molecule has 1 rings (SSSR count). The van der Waals surface area contributed by atoms with Crippen LogP contribution in [0.4, 0.5) is 4.79 Å². The molecule has 0 unspecified atom stereocenters. The molecule has 6 heteroatoms. The lowest BCUT2D eigenvalue weighted by Gasteiger charge is -2.14. The first kappa shape index (κ1) is 9.79. The van der Waals surface area contributed by atoms with E-state index in [2.05, 4.69) is 0 Å². The van der Waals surface area contributed by atoms with Crippen LogP contribution in [0.15, 0.2) is 0 Å². The molecule has 74 valence electrons. The minimum Gasteiger partial charge on any atom is -0.465 e. The van der Waals surface area contributed by atoms with Crippen LogP contribution in [0, 0.1) is 0 Å². The number of carbonyl (C=O) groups is 2. The Morgan fingerprint density at radius 3 is 2.69 bits per heavy atom. The van der Waals surface area contributed by atoms with Crippen LogP contribution in [0.3, 0.4) is 0 Å². The number of amides is 2. The number of likely N-dealkylation sites (tertiary alicyclic amines) is 1. The molecule has 2 amide bonds. The summed E-state index contributed by atoms with van der Waals surface area (Å²) in [4.78, 5) is 22.7. The van der Waals surface area contributed by atoms with Gasteiger partial charge in [0, 0.05) is 13.1 Å². The third kappa shape index (κ3) is 2.90. The summed E-state index contributed by atoms with van der Waals surface area (Å²) in [5.41, 5.74) is 0. The fourth-order valence-corrected chi connectivity index (χ4v) is 1.23. The molecule has 0 saturated carbocycles. The van der Waals surface area contributed by atoms with Gasteiger partial charge in [-0.2, -0.15) is 0 Å². The number of aliphatic hydroxyl groups excluding tert-OH is 1. The highest BCUT2D eigenvalue weighted by molar-refractivity contribution is 5.81. The molecule has 0 aromatic carbocycles. The molecule has 1 heterocycles. The summed E-state index contributed by atoms with van der Waals surface area (Å²) in [5.74, 6) is -0.293. The summed E-state index contributed by atoms with van der Waals surface area (Å²) in [6.07, 6.45) is -1.11. The lowest BCUT2D eigenvalue weighted by Crippen LogP contribution is -2.38. The van der Waals surface area contributed by atoms with Gasteiger partial charge in [-0.3, -0.25) is 4.79 Å². The van der Waals surface area contributed by atoms with Crippen LogP contribution in [0.1, 0.15) is 6.42 Å². The fourth-order valence-electron chi connectivity index (χ4n) is 1.23. The lowest BCUT2D eigenvalue weighted by atomic mass is 10.3. The molecule has 1 fully saturated rings. The van der Waals surface area contributed by atoms with Gasteiger partial charge in [-0.15, -0.1) is 0 Å². The highest BCUT2D eigenvalue weighted by Gasteiger charge is 2.24. The number of rotatable bonds is 2. The second-order valence-electron chi connectivity index (χ2n) is 2.94. The number of carboxylic acid groups (broad SMARTS) is 1. The van der Waals surface area contributed by atoms with Crippen LogP contribution >= 0.6 is 0 Å². The Labute approximate surface area is 75.1 Å². The minimum atomic E-state index is -1.21. The van der Waals surface area contributed by atoms with Gasteiger partial charge in [0.1, 0.15) is 6.54 Å². The van der Waals surface area contributed by atoms with Crippen molar-refractivity contribution in [3.63, 3.8) is 0 Å². The van der Waals surface area contributed by atoms with Crippen molar-refractivity contribution in [3.8, 4) is 0 Å². The first-order valence-electron chi connectivity index (χ1n) is 4.02. The van der Waals surface area contributed by atoms with Crippen LogP contribution < -0.4 is 5.32 Å². The zero-order valence-electron chi connectivity index (χ0n) is 7.06. The second-order valence-corrected chi connectivity index (χ2v) is 2.94. The van der Waals surface area contributed by atoms with Gasteiger partial charge >= 0.3 is 6.09 Å². The zero-order valence-corrected chi connectivity index (χ0v) is 7.06. The van der Waals surface area contributed by atoms with Gasteiger partial charge in [0.25, 0.3) is 0 Å². The molecule has 0 radical (unpaired) electrons. The molecule has 1 saturated heterocycles. The van der Waals surface area contributed by atoms with E-state index in [1.807, 2.05) is 5.32 Å². The number of β-amino-alcohol motifs (C(OH)–C–C–N with tert-alkyl or cyclic N) is 1. The SMILES string of the molecule is O=C(O)NCC(=O)N1CC[C@H](O)C1. The van der Waals surface area contributed by atoms with Gasteiger partial charge in [-0.25, -0.2) is 4.79 Å². The average Bonchev–Trinajstić information content (AvgIpc) is 2.47. The number of hydrogen-bond acceptors (Lipinski definition) is 3. The van der Waals surface area contributed by atoms with Crippen molar-refractivity contribution >= 4 is 12.0 Å². The minimum absolute atomic E-state index is 0.220. The summed E-state index contributed by atoms with van der Waals surface area (Å²) in [5, 5.41) is 19.3. The standard InChI is InChI=1S/C7H12N2O4/c10-5-1-2-9(4-5)6(11)3-8-7(12)13/h5,8,10H,1-4H2,(H,12,13)/t5-/m0/s1. The van der Waals surface area contributed by atoms with E-state index in [4.69, 9.17) is 10.2 Å². The molecule has 0 aromatic rings. The number of nitrogens with zero attached hydrogens (tertiary/aromatic N) is 1. The molecule has 13 heavy (non-hydrogen) atoms. The molecule has 1 aliphatic heterocycles. The first-order chi connectivity index (χ1) is 6.09. The Morgan fingerprint density at radius 1 is 1.54 bits per heavy atom. The first-order valence-corrected chi connectivity index (χ1v) is 4.02. The van der Waals surface area contributed by atoms with Crippen molar-refractivity contribution in [2.24, 2.45) is 0 Å². The Bertz CT molecular complexity index is 219. The third-order valence-corrected chi connectivity index (χ3v) is 1.91. The van der Waals surface area contributed by atoms with E-state index in [0.717, 1.165) is 0 Å². The molecule has 0 spiro atoms. The van der Waals surface area contributed by atoms with E-state index in [0.29, 0.717) is 19.5 Å².